The highest BCUT2D eigenvalue weighted by Gasteiger charge is 2.18. The number of pyridine rings is 1. The Morgan fingerprint density at radius 3 is 2.68 bits per heavy atom. The van der Waals surface area contributed by atoms with Gasteiger partial charge in [-0.15, -0.1) is 16.1 Å². The fourth-order valence-corrected chi connectivity index (χ4v) is 3.58. The minimum Gasteiger partial charge on any atom is -0.413 e. The summed E-state index contributed by atoms with van der Waals surface area (Å²) in [6.45, 7) is 0. The number of aromatic nitrogens is 1. The molecule has 0 amide bonds. The van der Waals surface area contributed by atoms with E-state index in [1.807, 2.05) is 53.9 Å². The van der Waals surface area contributed by atoms with Crippen molar-refractivity contribution in [3.05, 3.63) is 70.3 Å². The Bertz CT molecular complexity index is 986. The lowest BCUT2D eigenvalue weighted by atomic mass is 10.1. The van der Waals surface area contributed by atoms with Crippen molar-refractivity contribution in [1.82, 2.24) is 4.73 Å². The molecule has 22 heavy (non-hydrogen) atoms. The molecule has 2 aromatic rings. The van der Waals surface area contributed by atoms with Crippen molar-refractivity contribution in [2.45, 2.75) is 0 Å². The zero-order valence-corrected chi connectivity index (χ0v) is 12.8. The van der Waals surface area contributed by atoms with Gasteiger partial charge in [0.15, 0.2) is 0 Å². The molecule has 0 N–H and O–H groups in total. The molecular weight excluding hydrogens is 294 g/mol. The van der Waals surface area contributed by atoms with Gasteiger partial charge in [-0.1, -0.05) is 36.4 Å². The topological polar surface area (TPSA) is 31.2 Å². The molecule has 0 aliphatic heterocycles. The van der Waals surface area contributed by atoms with Gasteiger partial charge in [-0.25, -0.2) is 0 Å². The first-order valence-electron chi connectivity index (χ1n) is 6.95. The Hall–Kier alpha value is -2.59. The first-order chi connectivity index (χ1) is 10.8. The second kappa shape index (κ2) is 5.00. The normalized spacial score (nSPS) is 11.1. The molecule has 0 spiro atoms. The van der Waals surface area contributed by atoms with Gasteiger partial charge in [-0.05, 0) is 40.1 Å². The standard InChI is InChI=1S/C18H13NO2S/c1-21-19-15(16-8-5-9-22-16)11-13-10-12-6-3-2-4-7-14(12)17(13)18(19)20/h2-11H,1H3. The number of thiophene rings is 1. The van der Waals surface area contributed by atoms with Gasteiger partial charge in [0, 0.05) is 0 Å². The number of fused-ring (bicyclic) bond motifs is 3. The van der Waals surface area contributed by atoms with E-state index in [0.717, 1.165) is 27.1 Å². The summed E-state index contributed by atoms with van der Waals surface area (Å²) in [7, 11) is 1.52. The summed E-state index contributed by atoms with van der Waals surface area (Å²) in [5, 5.41) is 3.64. The number of nitrogens with zero attached hydrogens (tertiary/aromatic N) is 1. The molecule has 0 bridgehead atoms. The van der Waals surface area contributed by atoms with E-state index in [1.165, 1.54) is 11.8 Å². The van der Waals surface area contributed by atoms with Crippen LogP contribution < -0.4 is 10.4 Å². The Balaban J connectivity index is 2.15. The fraction of sp³-hybridized carbons (Fsp3) is 0.0556. The molecule has 2 heterocycles. The lowest BCUT2D eigenvalue weighted by Gasteiger charge is -2.10. The first-order valence-corrected chi connectivity index (χ1v) is 7.83. The maximum atomic E-state index is 12.9. The van der Waals surface area contributed by atoms with Gasteiger partial charge in [-0.2, -0.15) is 0 Å². The van der Waals surface area contributed by atoms with Crippen LogP contribution in [0.15, 0.2) is 64.8 Å². The largest absolute Gasteiger partial charge is 0.413 e. The highest BCUT2D eigenvalue weighted by atomic mass is 32.1. The van der Waals surface area contributed by atoms with Crippen molar-refractivity contribution < 1.29 is 4.84 Å². The molecule has 2 aliphatic carbocycles. The Labute approximate surface area is 131 Å². The predicted octanol–water partition coefficient (Wildman–Crippen LogP) is 3.89. The maximum Gasteiger partial charge on any atom is 0.292 e. The zero-order valence-electron chi connectivity index (χ0n) is 11.9. The fourth-order valence-electron chi connectivity index (χ4n) is 2.86. The third kappa shape index (κ3) is 1.84. The number of hydrogen-bond acceptors (Lipinski definition) is 3. The van der Waals surface area contributed by atoms with E-state index < -0.39 is 0 Å². The molecule has 0 atom stereocenters. The van der Waals surface area contributed by atoms with E-state index in [0.29, 0.717) is 5.39 Å². The smallest absolute Gasteiger partial charge is 0.292 e. The Morgan fingerprint density at radius 2 is 1.91 bits per heavy atom. The van der Waals surface area contributed by atoms with Gasteiger partial charge in [0.2, 0.25) is 0 Å². The third-order valence-electron chi connectivity index (χ3n) is 3.81. The van der Waals surface area contributed by atoms with Crippen LogP contribution in [0.5, 0.6) is 0 Å². The highest BCUT2D eigenvalue weighted by Crippen LogP contribution is 2.34. The van der Waals surface area contributed by atoms with E-state index in [1.54, 1.807) is 11.3 Å². The molecule has 0 radical (unpaired) electrons. The van der Waals surface area contributed by atoms with Gasteiger partial charge in [0.1, 0.15) is 12.8 Å². The predicted molar refractivity (Wildman–Crippen MR) is 90.6 cm³/mol. The van der Waals surface area contributed by atoms with Gasteiger partial charge in [0.05, 0.1) is 10.3 Å². The van der Waals surface area contributed by atoms with Crippen LogP contribution in [0, 0.1) is 0 Å². The van der Waals surface area contributed by atoms with E-state index >= 15 is 0 Å². The molecule has 0 saturated heterocycles. The summed E-state index contributed by atoms with van der Waals surface area (Å²) in [6.07, 6.45) is 0. The molecule has 0 fully saturated rings. The molecule has 2 aliphatic rings. The van der Waals surface area contributed by atoms with Gasteiger partial charge in [-0.3, -0.25) is 4.79 Å². The summed E-state index contributed by atoms with van der Waals surface area (Å²) in [6, 6.07) is 17.9. The average Bonchev–Trinajstić information content (AvgIpc) is 3.10. The van der Waals surface area contributed by atoms with E-state index in [9.17, 15) is 4.79 Å². The Morgan fingerprint density at radius 1 is 1.05 bits per heavy atom. The lowest BCUT2D eigenvalue weighted by molar-refractivity contribution is 0.163. The van der Waals surface area contributed by atoms with Gasteiger partial charge in [0.25, 0.3) is 5.56 Å². The Kier molecular flexibility index (Phi) is 2.98. The van der Waals surface area contributed by atoms with E-state index in [-0.39, 0.29) is 5.56 Å². The second-order valence-corrected chi connectivity index (χ2v) is 5.99. The molecule has 4 heteroatoms. The lowest BCUT2D eigenvalue weighted by Crippen LogP contribution is -2.26. The minimum atomic E-state index is -0.121. The molecule has 0 saturated carbocycles. The number of rotatable bonds is 2. The van der Waals surface area contributed by atoms with Crippen LogP contribution in [0.1, 0.15) is 0 Å². The van der Waals surface area contributed by atoms with Crippen molar-refractivity contribution in [1.29, 1.82) is 0 Å². The summed E-state index contributed by atoms with van der Waals surface area (Å²) in [5.74, 6) is 0. The monoisotopic (exact) mass is 307 g/mol. The highest BCUT2D eigenvalue weighted by molar-refractivity contribution is 7.13. The summed E-state index contributed by atoms with van der Waals surface area (Å²) >= 11 is 1.59. The van der Waals surface area contributed by atoms with E-state index in [4.69, 9.17) is 4.84 Å². The molecule has 2 aromatic heterocycles. The van der Waals surface area contributed by atoms with Crippen LogP contribution in [-0.2, 0) is 0 Å². The van der Waals surface area contributed by atoms with Crippen LogP contribution in [-0.4, -0.2) is 11.8 Å². The van der Waals surface area contributed by atoms with Crippen LogP contribution in [0.25, 0.3) is 32.5 Å². The second-order valence-electron chi connectivity index (χ2n) is 5.04. The molecule has 3 nitrogen and oxygen atoms in total. The maximum absolute atomic E-state index is 12.9. The minimum absolute atomic E-state index is 0.121. The van der Waals surface area contributed by atoms with Crippen molar-refractivity contribution in [3.8, 4) is 21.7 Å². The van der Waals surface area contributed by atoms with Crippen LogP contribution in [0.3, 0.4) is 0 Å². The first kappa shape index (κ1) is 13.1. The van der Waals surface area contributed by atoms with Gasteiger partial charge < -0.3 is 4.84 Å². The van der Waals surface area contributed by atoms with Crippen LogP contribution >= 0.6 is 11.3 Å². The van der Waals surface area contributed by atoms with Crippen LogP contribution in [0.2, 0.25) is 0 Å². The zero-order chi connectivity index (χ0) is 15.1. The SMILES string of the molecule is COn1c(-c2cccs2)cc2cc3cccccc-3c2c1=O. The molecule has 0 aromatic carbocycles. The summed E-state index contributed by atoms with van der Waals surface area (Å²) in [5.41, 5.74) is 2.68. The third-order valence-corrected chi connectivity index (χ3v) is 4.70. The van der Waals surface area contributed by atoms with Crippen molar-refractivity contribution in [2.24, 2.45) is 0 Å². The summed E-state index contributed by atoms with van der Waals surface area (Å²) < 4.78 is 1.38. The van der Waals surface area contributed by atoms with Gasteiger partial charge >= 0.3 is 0 Å². The molecular formula is C18H13NO2S. The van der Waals surface area contributed by atoms with Crippen molar-refractivity contribution in [3.63, 3.8) is 0 Å². The van der Waals surface area contributed by atoms with Crippen molar-refractivity contribution >= 4 is 22.1 Å². The molecule has 4 rings (SSSR count). The van der Waals surface area contributed by atoms with Crippen molar-refractivity contribution in [2.75, 3.05) is 7.11 Å². The number of hydrogen-bond donors (Lipinski definition) is 0. The average molecular weight is 307 g/mol. The molecule has 108 valence electrons. The van der Waals surface area contributed by atoms with Crippen LogP contribution in [0.4, 0.5) is 0 Å². The quantitative estimate of drug-likeness (QED) is 0.562. The summed E-state index contributed by atoms with van der Waals surface area (Å²) in [4.78, 5) is 19.3. The molecule has 0 unspecified atom stereocenters. The van der Waals surface area contributed by atoms with E-state index in [2.05, 4.69) is 6.07 Å².